The molecule has 194 valence electrons. The zero-order chi connectivity index (χ0) is 26.8. The Morgan fingerprint density at radius 1 is 1.05 bits per heavy atom. The smallest absolute Gasteiger partial charge is 0.337 e. The number of nitrogens with one attached hydrogen (secondary N) is 1. The summed E-state index contributed by atoms with van der Waals surface area (Å²) in [5.41, 5.74) is 5.86. The van der Waals surface area contributed by atoms with Gasteiger partial charge in [-0.25, -0.2) is 4.79 Å². The van der Waals surface area contributed by atoms with Gasteiger partial charge < -0.3 is 19.9 Å². The number of hydrogen-bond acceptors (Lipinski definition) is 6. The van der Waals surface area contributed by atoms with Gasteiger partial charge in [0, 0.05) is 30.9 Å². The first kappa shape index (κ1) is 25.4. The van der Waals surface area contributed by atoms with Gasteiger partial charge in [-0.15, -0.1) is 0 Å². The predicted molar refractivity (Wildman–Crippen MR) is 147 cm³/mol. The molecule has 2 amide bonds. The van der Waals surface area contributed by atoms with E-state index in [9.17, 15) is 14.4 Å². The van der Waals surface area contributed by atoms with Gasteiger partial charge in [0.05, 0.1) is 24.1 Å². The average molecular weight is 511 g/mol. The second-order valence-corrected chi connectivity index (χ2v) is 9.74. The van der Waals surface area contributed by atoms with Crippen LogP contribution >= 0.6 is 0 Å². The zero-order valence-corrected chi connectivity index (χ0v) is 21.7. The van der Waals surface area contributed by atoms with Gasteiger partial charge in [-0.05, 0) is 67.5 Å². The number of benzene rings is 3. The van der Waals surface area contributed by atoms with Crippen LogP contribution < -0.4 is 10.2 Å². The first-order valence-electron chi connectivity index (χ1n) is 12.6. The first-order valence-corrected chi connectivity index (χ1v) is 12.6. The summed E-state index contributed by atoms with van der Waals surface area (Å²) in [5.74, 6) is -1.20. The number of fused-ring (bicyclic) bond motifs is 2. The summed E-state index contributed by atoms with van der Waals surface area (Å²) in [6.07, 6.45) is 1.23. The number of amides is 2. The summed E-state index contributed by atoms with van der Waals surface area (Å²) in [7, 11) is 5.24. The molecule has 2 aliphatic rings. The summed E-state index contributed by atoms with van der Waals surface area (Å²) < 4.78 is 4.83. The second-order valence-electron chi connectivity index (χ2n) is 9.74. The lowest BCUT2D eigenvalue weighted by atomic mass is 9.90. The highest BCUT2D eigenvalue weighted by molar-refractivity contribution is 6.24. The SMILES string of the molecule is COC(=O)c1ccc2c(c1)NC(=O)C2C(=Nc1ccc2c(c1)CCN2C(=O)CCN(C)C)c1ccccc1. The summed E-state index contributed by atoms with van der Waals surface area (Å²) in [4.78, 5) is 46.9. The van der Waals surface area contributed by atoms with Crippen LogP contribution in [-0.4, -0.2) is 62.7 Å². The molecule has 1 N–H and O–H groups in total. The van der Waals surface area contributed by atoms with Crippen LogP contribution in [0.4, 0.5) is 17.1 Å². The van der Waals surface area contributed by atoms with E-state index in [1.54, 1.807) is 18.2 Å². The van der Waals surface area contributed by atoms with Crippen LogP contribution in [-0.2, 0) is 20.7 Å². The molecule has 0 radical (unpaired) electrons. The van der Waals surface area contributed by atoms with Crippen molar-refractivity contribution in [2.45, 2.75) is 18.8 Å². The van der Waals surface area contributed by atoms with Crippen molar-refractivity contribution in [2.24, 2.45) is 4.99 Å². The number of rotatable bonds is 7. The molecule has 0 saturated carbocycles. The zero-order valence-electron chi connectivity index (χ0n) is 21.7. The Bertz CT molecular complexity index is 1430. The van der Waals surface area contributed by atoms with Crippen molar-refractivity contribution >= 4 is 40.6 Å². The Balaban J connectivity index is 1.51. The van der Waals surface area contributed by atoms with Gasteiger partial charge in [-0.1, -0.05) is 36.4 Å². The summed E-state index contributed by atoms with van der Waals surface area (Å²) in [6.45, 7) is 1.36. The van der Waals surface area contributed by atoms with Crippen molar-refractivity contribution in [3.63, 3.8) is 0 Å². The highest BCUT2D eigenvalue weighted by Gasteiger charge is 2.36. The van der Waals surface area contributed by atoms with E-state index in [0.717, 1.165) is 34.5 Å². The van der Waals surface area contributed by atoms with Crippen LogP contribution in [0.15, 0.2) is 71.7 Å². The minimum atomic E-state index is -0.642. The lowest BCUT2D eigenvalue weighted by molar-refractivity contribution is -0.118. The third-order valence-electron chi connectivity index (χ3n) is 6.93. The topological polar surface area (TPSA) is 91.3 Å². The van der Waals surface area contributed by atoms with E-state index < -0.39 is 11.9 Å². The van der Waals surface area contributed by atoms with Crippen molar-refractivity contribution in [1.29, 1.82) is 0 Å². The van der Waals surface area contributed by atoms with Crippen molar-refractivity contribution in [3.8, 4) is 0 Å². The Kier molecular flexibility index (Phi) is 7.07. The van der Waals surface area contributed by atoms with E-state index >= 15 is 0 Å². The van der Waals surface area contributed by atoms with E-state index in [0.29, 0.717) is 36.5 Å². The molecular formula is C30H30N4O4. The molecule has 3 aromatic carbocycles. The number of methoxy groups -OCH3 is 1. The van der Waals surface area contributed by atoms with E-state index in [1.165, 1.54) is 7.11 Å². The molecule has 0 saturated heterocycles. The number of aliphatic imine (C=N–C) groups is 1. The van der Waals surface area contributed by atoms with Gasteiger partial charge in [0.1, 0.15) is 5.92 Å². The summed E-state index contributed by atoms with van der Waals surface area (Å²) in [5, 5.41) is 2.91. The third-order valence-corrected chi connectivity index (χ3v) is 6.93. The van der Waals surface area contributed by atoms with E-state index in [2.05, 4.69) is 5.32 Å². The molecule has 8 heteroatoms. The number of carbonyl (C=O) groups is 3. The van der Waals surface area contributed by atoms with Gasteiger partial charge in [0.2, 0.25) is 11.8 Å². The summed E-state index contributed by atoms with van der Waals surface area (Å²) >= 11 is 0. The van der Waals surface area contributed by atoms with E-state index in [4.69, 9.17) is 9.73 Å². The molecule has 1 atom stereocenters. The minimum absolute atomic E-state index is 0.115. The Hall–Kier alpha value is -4.30. The number of esters is 1. The molecule has 0 spiro atoms. The molecule has 2 heterocycles. The van der Waals surface area contributed by atoms with Crippen LogP contribution in [0.5, 0.6) is 0 Å². The maximum absolute atomic E-state index is 13.2. The molecule has 1 unspecified atom stereocenters. The molecule has 38 heavy (non-hydrogen) atoms. The van der Waals surface area contributed by atoms with Crippen LogP contribution in [0.2, 0.25) is 0 Å². The fourth-order valence-corrected chi connectivity index (χ4v) is 4.99. The van der Waals surface area contributed by atoms with Crippen molar-refractivity contribution in [2.75, 3.05) is 44.5 Å². The molecule has 0 aliphatic carbocycles. The van der Waals surface area contributed by atoms with Gasteiger partial charge in [0.15, 0.2) is 0 Å². The molecule has 0 fully saturated rings. The monoisotopic (exact) mass is 510 g/mol. The fraction of sp³-hybridized carbons (Fsp3) is 0.267. The largest absolute Gasteiger partial charge is 0.465 e. The molecule has 5 rings (SSSR count). The maximum Gasteiger partial charge on any atom is 0.337 e. The Morgan fingerprint density at radius 2 is 1.84 bits per heavy atom. The van der Waals surface area contributed by atoms with Gasteiger partial charge >= 0.3 is 5.97 Å². The number of anilines is 2. The normalized spacial score (nSPS) is 16.3. The van der Waals surface area contributed by atoms with Crippen molar-refractivity contribution < 1.29 is 19.1 Å². The Morgan fingerprint density at radius 3 is 2.58 bits per heavy atom. The van der Waals surface area contributed by atoms with E-state index in [1.807, 2.05) is 72.4 Å². The standard InChI is InChI=1S/C30H30N4O4/c1-33(2)15-14-26(35)34-16-13-20-17-22(10-12-25(20)34)31-28(19-7-5-4-6-8-19)27-23-11-9-21(30(37)38-3)18-24(23)32-29(27)36/h4-12,17-18,27H,13-16H2,1-3H3,(H,32,36). The quantitative estimate of drug-likeness (QED) is 0.381. The lowest BCUT2D eigenvalue weighted by Crippen LogP contribution is -2.31. The van der Waals surface area contributed by atoms with Gasteiger partial charge in [-0.2, -0.15) is 0 Å². The molecule has 0 bridgehead atoms. The molecule has 8 nitrogen and oxygen atoms in total. The molecular weight excluding hydrogens is 480 g/mol. The summed E-state index contributed by atoms with van der Waals surface area (Å²) in [6, 6.07) is 20.6. The van der Waals surface area contributed by atoms with Crippen LogP contribution in [0.3, 0.4) is 0 Å². The van der Waals surface area contributed by atoms with Crippen LogP contribution in [0, 0.1) is 0 Å². The van der Waals surface area contributed by atoms with Crippen LogP contribution in [0.1, 0.15) is 39.4 Å². The fourth-order valence-electron chi connectivity index (χ4n) is 4.99. The number of nitrogens with zero attached hydrogens (tertiary/aromatic N) is 3. The number of hydrogen-bond donors (Lipinski definition) is 1. The van der Waals surface area contributed by atoms with Crippen molar-refractivity contribution in [3.05, 3.63) is 89.0 Å². The molecule has 0 aromatic heterocycles. The molecule has 2 aliphatic heterocycles. The second kappa shape index (κ2) is 10.6. The van der Waals surface area contributed by atoms with Gasteiger partial charge in [0.25, 0.3) is 0 Å². The molecule has 3 aromatic rings. The highest BCUT2D eigenvalue weighted by Crippen LogP contribution is 2.38. The highest BCUT2D eigenvalue weighted by atomic mass is 16.5. The predicted octanol–water partition coefficient (Wildman–Crippen LogP) is 4.17. The lowest BCUT2D eigenvalue weighted by Gasteiger charge is -2.19. The minimum Gasteiger partial charge on any atom is -0.465 e. The maximum atomic E-state index is 13.2. The number of carbonyl (C=O) groups excluding carboxylic acids is 3. The van der Waals surface area contributed by atoms with Crippen molar-refractivity contribution in [1.82, 2.24) is 4.90 Å². The third kappa shape index (κ3) is 4.95. The van der Waals surface area contributed by atoms with Crippen LogP contribution in [0.25, 0.3) is 0 Å². The Labute approximate surface area is 221 Å². The van der Waals surface area contributed by atoms with E-state index in [-0.39, 0.29) is 11.8 Å². The van der Waals surface area contributed by atoms with Gasteiger partial charge in [-0.3, -0.25) is 14.6 Å². The number of ether oxygens (including phenoxy) is 1. The average Bonchev–Trinajstić information content (AvgIpc) is 3.49. The first-order chi connectivity index (χ1) is 18.4.